The molecule has 1 N–H and O–H groups in total. The Morgan fingerprint density at radius 2 is 1.77 bits per heavy atom. The quantitative estimate of drug-likeness (QED) is 0.486. The van der Waals surface area contributed by atoms with Crippen molar-refractivity contribution in [2.45, 2.75) is 20.0 Å². The van der Waals surface area contributed by atoms with Crippen molar-refractivity contribution in [3.05, 3.63) is 99.1 Å². The van der Waals surface area contributed by atoms with Crippen LogP contribution < -0.4 is 16.6 Å². The molecule has 2 aromatic carbocycles. The lowest BCUT2D eigenvalue weighted by Crippen LogP contribution is -2.42. The summed E-state index contributed by atoms with van der Waals surface area (Å²) in [5, 5.41) is 3.02. The molecule has 0 saturated carbocycles. The van der Waals surface area contributed by atoms with E-state index in [1.54, 1.807) is 60.7 Å². The van der Waals surface area contributed by atoms with E-state index in [4.69, 9.17) is 4.42 Å². The first-order valence-corrected chi connectivity index (χ1v) is 9.59. The van der Waals surface area contributed by atoms with Gasteiger partial charge in [0.25, 0.3) is 5.56 Å². The van der Waals surface area contributed by atoms with Gasteiger partial charge in [-0.25, -0.2) is 4.79 Å². The first-order valence-electron chi connectivity index (χ1n) is 9.59. The second-order valence-corrected chi connectivity index (χ2v) is 7.04. The topological polar surface area (TPSA) is 103 Å². The number of amides is 1. The van der Waals surface area contributed by atoms with Crippen LogP contribution in [0.4, 0.5) is 5.69 Å². The second-order valence-electron chi connectivity index (χ2n) is 7.04. The van der Waals surface area contributed by atoms with Gasteiger partial charge in [-0.05, 0) is 43.3 Å². The van der Waals surface area contributed by atoms with Crippen molar-refractivity contribution in [1.29, 1.82) is 0 Å². The summed E-state index contributed by atoms with van der Waals surface area (Å²) in [4.78, 5) is 50.3. The van der Waals surface area contributed by atoms with E-state index in [2.05, 4.69) is 5.32 Å². The summed E-state index contributed by atoms with van der Waals surface area (Å²) in [6.07, 6.45) is 1.46. The zero-order valence-corrected chi connectivity index (χ0v) is 16.7. The number of carbonyl (C=O) groups excluding carboxylic acids is 2. The van der Waals surface area contributed by atoms with E-state index >= 15 is 0 Å². The van der Waals surface area contributed by atoms with Gasteiger partial charge in [0.2, 0.25) is 5.91 Å². The number of hydrogen-bond acceptors (Lipinski definition) is 5. The third-order valence-electron chi connectivity index (χ3n) is 4.88. The van der Waals surface area contributed by atoms with Crippen LogP contribution >= 0.6 is 0 Å². The monoisotopic (exact) mass is 417 g/mol. The maximum absolute atomic E-state index is 13.1. The standard InChI is InChI=1S/C23H19N3O5/c1-15(27)16-6-4-7-17(12-16)24-21(28)14-25-20-10-3-2-9-19(20)22(29)26(23(25)30)13-18-8-5-11-31-18/h2-12H,13-14H2,1H3,(H,24,28). The van der Waals surface area contributed by atoms with E-state index in [9.17, 15) is 19.2 Å². The smallest absolute Gasteiger partial charge is 0.332 e. The van der Waals surface area contributed by atoms with Gasteiger partial charge in [-0.3, -0.25) is 23.5 Å². The van der Waals surface area contributed by atoms with Crippen molar-refractivity contribution in [3.63, 3.8) is 0 Å². The molecule has 0 atom stereocenters. The molecule has 0 unspecified atom stereocenters. The van der Waals surface area contributed by atoms with Gasteiger partial charge in [0.1, 0.15) is 12.3 Å². The predicted molar refractivity (Wildman–Crippen MR) is 115 cm³/mol. The lowest BCUT2D eigenvalue weighted by molar-refractivity contribution is -0.116. The van der Waals surface area contributed by atoms with Gasteiger partial charge < -0.3 is 9.73 Å². The van der Waals surface area contributed by atoms with Crippen LogP contribution in [0.2, 0.25) is 0 Å². The van der Waals surface area contributed by atoms with E-state index in [1.165, 1.54) is 17.8 Å². The van der Waals surface area contributed by atoms with Gasteiger partial charge in [-0.2, -0.15) is 0 Å². The second kappa shape index (κ2) is 8.27. The van der Waals surface area contributed by atoms with Crippen molar-refractivity contribution < 1.29 is 14.0 Å². The first-order chi connectivity index (χ1) is 14.9. The molecule has 0 saturated heterocycles. The first kappa shape index (κ1) is 20.1. The number of aromatic nitrogens is 2. The number of ketones is 1. The van der Waals surface area contributed by atoms with Crippen LogP contribution in [0, 0.1) is 0 Å². The molecule has 31 heavy (non-hydrogen) atoms. The molecular formula is C23H19N3O5. The number of benzene rings is 2. The third kappa shape index (κ3) is 4.09. The number of carbonyl (C=O) groups is 2. The van der Waals surface area contributed by atoms with Crippen LogP contribution in [0.15, 0.2) is 80.9 Å². The molecule has 0 bridgehead atoms. The van der Waals surface area contributed by atoms with Gasteiger partial charge in [0, 0.05) is 11.3 Å². The summed E-state index contributed by atoms with van der Waals surface area (Å²) >= 11 is 0. The number of nitrogens with one attached hydrogen (secondary N) is 1. The molecule has 0 aliphatic rings. The molecule has 0 aliphatic heterocycles. The van der Waals surface area contributed by atoms with Crippen LogP contribution in [0.5, 0.6) is 0 Å². The van der Waals surface area contributed by atoms with Crippen molar-refractivity contribution in [2.75, 3.05) is 5.32 Å². The van der Waals surface area contributed by atoms with Crippen molar-refractivity contribution in [3.8, 4) is 0 Å². The Bertz CT molecular complexity index is 1400. The summed E-state index contributed by atoms with van der Waals surface area (Å²) in [7, 11) is 0. The van der Waals surface area contributed by atoms with Gasteiger partial charge in [0.05, 0.1) is 23.7 Å². The SMILES string of the molecule is CC(=O)c1cccc(NC(=O)Cn2c(=O)n(Cc3ccco3)c(=O)c3ccccc32)c1. The Morgan fingerprint density at radius 1 is 0.968 bits per heavy atom. The fourth-order valence-electron chi connectivity index (χ4n) is 3.38. The number of furan rings is 1. The van der Waals surface area contributed by atoms with Crippen LogP contribution in [0.25, 0.3) is 10.9 Å². The maximum atomic E-state index is 13.1. The summed E-state index contributed by atoms with van der Waals surface area (Å²) < 4.78 is 7.58. The van der Waals surface area contributed by atoms with Gasteiger partial charge in [0.15, 0.2) is 5.78 Å². The molecule has 4 aromatic rings. The lowest BCUT2D eigenvalue weighted by atomic mass is 10.1. The molecule has 8 heteroatoms. The van der Waals surface area contributed by atoms with Gasteiger partial charge >= 0.3 is 5.69 Å². The Hall–Kier alpha value is -4.20. The van der Waals surface area contributed by atoms with E-state index in [0.717, 1.165) is 4.57 Å². The molecule has 0 fully saturated rings. The molecule has 0 radical (unpaired) electrons. The number of hydrogen-bond donors (Lipinski definition) is 1. The molecule has 4 rings (SSSR count). The Balaban J connectivity index is 1.72. The van der Waals surface area contributed by atoms with Crippen LogP contribution in [0.3, 0.4) is 0 Å². The van der Waals surface area contributed by atoms with Gasteiger partial charge in [-0.1, -0.05) is 24.3 Å². The zero-order chi connectivity index (χ0) is 22.0. The molecule has 2 aromatic heterocycles. The third-order valence-corrected chi connectivity index (χ3v) is 4.88. The largest absolute Gasteiger partial charge is 0.467 e. The average molecular weight is 417 g/mol. The molecular weight excluding hydrogens is 398 g/mol. The number of nitrogens with zero attached hydrogens (tertiary/aromatic N) is 2. The van der Waals surface area contributed by atoms with Crippen LogP contribution in [-0.2, 0) is 17.9 Å². The van der Waals surface area contributed by atoms with E-state index in [0.29, 0.717) is 27.9 Å². The summed E-state index contributed by atoms with van der Waals surface area (Å²) in [6, 6.07) is 16.5. The molecule has 2 heterocycles. The lowest BCUT2D eigenvalue weighted by Gasteiger charge is -2.14. The number of anilines is 1. The zero-order valence-electron chi connectivity index (χ0n) is 16.7. The van der Waals surface area contributed by atoms with E-state index in [-0.39, 0.29) is 18.9 Å². The number of Topliss-reactive ketones (excluding diaryl/α,β-unsaturated/α-hetero) is 1. The van der Waals surface area contributed by atoms with Crippen LogP contribution in [-0.4, -0.2) is 20.8 Å². The maximum Gasteiger partial charge on any atom is 0.332 e. The van der Waals surface area contributed by atoms with E-state index < -0.39 is 17.2 Å². The predicted octanol–water partition coefficient (Wildman–Crippen LogP) is 2.65. The van der Waals surface area contributed by atoms with Crippen molar-refractivity contribution in [1.82, 2.24) is 9.13 Å². The summed E-state index contributed by atoms with van der Waals surface area (Å²) in [6.45, 7) is 1.09. The Morgan fingerprint density at radius 3 is 2.52 bits per heavy atom. The van der Waals surface area contributed by atoms with Gasteiger partial charge in [-0.15, -0.1) is 0 Å². The fraction of sp³-hybridized carbons (Fsp3) is 0.130. The summed E-state index contributed by atoms with van der Waals surface area (Å²) in [5.74, 6) is -0.133. The molecule has 0 aliphatic carbocycles. The van der Waals surface area contributed by atoms with Crippen molar-refractivity contribution in [2.24, 2.45) is 0 Å². The van der Waals surface area contributed by atoms with Crippen molar-refractivity contribution >= 4 is 28.3 Å². The Kier molecular flexibility index (Phi) is 5.36. The highest BCUT2D eigenvalue weighted by Gasteiger charge is 2.16. The van der Waals surface area contributed by atoms with Crippen LogP contribution in [0.1, 0.15) is 23.0 Å². The normalized spacial score (nSPS) is 10.9. The summed E-state index contributed by atoms with van der Waals surface area (Å²) in [5.41, 5.74) is 0.197. The molecule has 8 nitrogen and oxygen atoms in total. The highest BCUT2D eigenvalue weighted by molar-refractivity contribution is 5.97. The molecule has 1 amide bonds. The minimum atomic E-state index is -0.618. The minimum Gasteiger partial charge on any atom is -0.467 e. The number of fused-ring (bicyclic) bond motifs is 1. The average Bonchev–Trinajstić information content (AvgIpc) is 3.27. The highest BCUT2D eigenvalue weighted by atomic mass is 16.3. The fourth-order valence-corrected chi connectivity index (χ4v) is 3.38. The van der Waals surface area contributed by atoms with E-state index in [1.807, 2.05) is 0 Å². The highest BCUT2D eigenvalue weighted by Crippen LogP contribution is 2.13. The Labute approximate surface area is 176 Å². The molecule has 156 valence electrons. The number of para-hydroxylation sites is 1. The molecule has 0 spiro atoms. The minimum absolute atomic E-state index is 0.0439. The number of rotatable bonds is 6.